The van der Waals surface area contributed by atoms with Crippen LogP contribution < -0.4 is 5.32 Å². The Bertz CT molecular complexity index is 1170. The zero-order chi connectivity index (χ0) is 22.9. The van der Waals surface area contributed by atoms with Crippen molar-refractivity contribution in [3.63, 3.8) is 0 Å². The molecule has 2 N–H and O–H groups in total. The van der Waals surface area contributed by atoms with E-state index in [0.717, 1.165) is 42.6 Å². The molecule has 0 aliphatic carbocycles. The van der Waals surface area contributed by atoms with Crippen LogP contribution in [0.5, 0.6) is 5.75 Å². The average Bonchev–Trinajstić information content (AvgIpc) is 2.86. The number of aromatic hydroxyl groups is 1. The molecule has 166 valence electrons. The zero-order valence-electron chi connectivity index (χ0n) is 18.7. The monoisotopic (exact) mass is 435 g/mol. The van der Waals surface area contributed by atoms with Gasteiger partial charge in [-0.25, -0.2) is 0 Å². The SMILES string of the molecule is O=C(Cc1cc(-c2ccccc2)ccc1O)c1ccc(CNCCCc2ccccc2)cc1. The number of carbonyl (C=O) groups is 1. The lowest BCUT2D eigenvalue weighted by atomic mass is 9.97. The second kappa shape index (κ2) is 11.3. The quantitative estimate of drug-likeness (QED) is 0.230. The summed E-state index contributed by atoms with van der Waals surface area (Å²) >= 11 is 0. The number of Topliss-reactive ketones (excluding diaryl/α,β-unsaturated/α-hetero) is 1. The minimum absolute atomic E-state index is 0.00196. The van der Waals surface area contributed by atoms with Crippen LogP contribution in [-0.2, 0) is 19.4 Å². The van der Waals surface area contributed by atoms with Gasteiger partial charge in [0.1, 0.15) is 5.75 Å². The van der Waals surface area contributed by atoms with Gasteiger partial charge in [0.05, 0.1) is 0 Å². The minimum atomic E-state index is -0.00196. The summed E-state index contributed by atoms with van der Waals surface area (Å²) in [6, 6.07) is 33.7. The Kier molecular flexibility index (Phi) is 7.68. The summed E-state index contributed by atoms with van der Waals surface area (Å²) < 4.78 is 0. The molecule has 0 atom stereocenters. The van der Waals surface area contributed by atoms with Crippen LogP contribution >= 0.6 is 0 Å². The summed E-state index contributed by atoms with van der Waals surface area (Å²) in [6.07, 6.45) is 2.33. The summed E-state index contributed by atoms with van der Waals surface area (Å²) in [5.41, 5.74) is 5.87. The number of benzene rings is 4. The van der Waals surface area contributed by atoms with Crippen LogP contribution in [0.15, 0.2) is 103 Å². The number of aryl methyl sites for hydroxylation is 1. The molecule has 0 radical (unpaired) electrons. The highest BCUT2D eigenvalue weighted by Crippen LogP contribution is 2.27. The molecule has 0 saturated carbocycles. The van der Waals surface area contributed by atoms with Crippen LogP contribution in [0.1, 0.15) is 33.5 Å². The van der Waals surface area contributed by atoms with Crippen LogP contribution in [0.2, 0.25) is 0 Å². The molecular formula is C30H29NO2. The van der Waals surface area contributed by atoms with Gasteiger partial charge in [0.15, 0.2) is 5.78 Å². The molecule has 3 heteroatoms. The summed E-state index contributed by atoms with van der Waals surface area (Å²) in [4.78, 5) is 12.8. The van der Waals surface area contributed by atoms with E-state index in [1.54, 1.807) is 6.07 Å². The largest absolute Gasteiger partial charge is 0.508 e. The van der Waals surface area contributed by atoms with Crippen molar-refractivity contribution in [2.75, 3.05) is 6.54 Å². The first-order chi connectivity index (χ1) is 16.2. The number of ketones is 1. The Morgan fingerprint density at radius 3 is 2.15 bits per heavy atom. The Labute approximate surface area is 195 Å². The van der Waals surface area contributed by atoms with E-state index in [9.17, 15) is 9.90 Å². The highest BCUT2D eigenvalue weighted by atomic mass is 16.3. The third kappa shape index (κ3) is 6.41. The lowest BCUT2D eigenvalue weighted by Crippen LogP contribution is -2.15. The number of hydrogen-bond donors (Lipinski definition) is 2. The van der Waals surface area contributed by atoms with Gasteiger partial charge in [-0.3, -0.25) is 4.79 Å². The minimum Gasteiger partial charge on any atom is -0.508 e. The van der Waals surface area contributed by atoms with Crippen molar-refractivity contribution >= 4 is 5.78 Å². The molecule has 0 fully saturated rings. The molecule has 0 aliphatic heterocycles. The van der Waals surface area contributed by atoms with Gasteiger partial charge in [0.2, 0.25) is 0 Å². The number of phenolic OH excluding ortho intramolecular Hbond substituents is 1. The van der Waals surface area contributed by atoms with Gasteiger partial charge in [0.25, 0.3) is 0 Å². The summed E-state index contributed by atoms with van der Waals surface area (Å²) in [5, 5.41) is 13.7. The van der Waals surface area contributed by atoms with Gasteiger partial charge in [-0.1, -0.05) is 91.0 Å². The molecule has 0 bridgehead atoms. The predicted molar refractivity (Wildman–Crippen MR) is 134 cm³/mol. The molecule has 0 spiro atoms. The predicted octanol–water partition coefficient (Wildman–Crippen LogP) is 6.21. The van der Waals surface area contributed by atoms with Crippen molar-refractivity contribution in [3.05, 3.63) is 125 Å². The number of phenols is 1. The molecule has 33 heavy (non-hydrogen) atoms. The van der Waals surface area contributed by atoms with Crippen molar-refractivity contribution in [3.8, 4) is 16.9 Å². The highest BCUT2D eigenvalue weighted by Gasteiger charge is 2.12. The van der Waals surface area contributed by atoms with Crippen LogP contribution in [-0.4, -0.2) is 17.4 Å². The number of nitrogens with one attached hydrogen (secondary N) is 1. The summed E-state index contributed by atoms with van der Waals surface area (Å²) in [6.45, 7) is 1.73. The fourth-order valence-corrected chi connectivity index (χ4v) is 3.92. The van der Waals surface area contributed by atoms with Crippen LogP contribution in [0, 0.1) is 0 Å². The summed E-state index contributed by atoms with van der Waals surface area (Å²) in [7, 11) is 0. The Hall–Kier alpha value is -3.69. The molecule has 3 nitrogen and oxygen atoms in total. The molecule has 4 aromatic carbocycles. The highest BCUT2D eigenvalue weighted by molar-refractivity contribution is 5.98. The first-order valence-corrected chi connectivity index (χ1v) is 11.4. The van der Waals surface area contributed by atoms with E-state index in [1.165, 1.54) is 5.56 Å². The standard InChI is InChI=1S/C30H29NO2/c32-29-18-17-27(25-11-5-2-6-12-25)20-28(29)21-30(33)26-15-13-24(14-16-26)22-31-19-7-10-23-8-3-1-4-9-23/h1-6,8-9,11-18,20,31-32H,7,10,19,21-22H2. The van der Waals surface area contributed by atoms with Crippen LogP contribution in [0.25, 0.3) is 11.1 Å². The molecule has 4 rings (SSSR count). The lowest BCUT2D eigenvalue weighted by molar-refractivity contribution is 0.0992. The van der Waals surface area contributed by atoms with E-state index in [4.69, 9.17) is 0 Å². The van der Waals surface area contributed by atoms with E-state index < -0.39 is 0 Å². The Morgan fingerprint density at radius 1 is 0.727 bits per heavy atom. The van der Waals surface area contributed by atoms with Crippen molar-refractivity contribution in [1.82, 2.24) is 5.32 Å². The topological polar surface area (TPSA) is 49.3 Å². The molecule has 0 heterocycles. The molecular weight excluding hydrogens is 406 g/mol. The maximum atomic E-state index is 12.8. The third-order valence-corrected chi connectivity index (χ3v) is 5.80. The first-order valence-electron chi connectivity index (χ1n) is 11.4. The lowest BCUT2D eigenvalue weighted by Gasteiger charge is -2.09. The first kappa shape index (κ1) is 22.5. The van der Waals surface area contributed by atoms with Crippen LogP contribution in [0.4, 0.5) is 0 Å². The maximum Gasteiger partial charge on any atom is 0.167 e. The molecule has 4 aromatic rings. The van der Waals surface area contributed by atoms with Crippen LogP contribution in [0.3, 0.4) is 0 Å². The Balaban J connectivity index is 1.29. The molecule has 0 aromatic heterocycles. The van der Waals surface area contributed by atoms with E-state index in [-0.39, 0.29) is 18.0 Å². The van der Waals surface area contributed by atoms with Crippen molar-refractivity contribution in [1.29, 1.82) is 0 Å². The van der Waals surface area contributed by atoms with Crippen molar-refractivity contribution < 1.29 is 9.90 Å². The summed E-state index contributed by atoms with van der Waals surface area (Å²) in [5.74, 6) is 0.150. The Morgan fingerprint density at radius 2 is 1.42 bits per heavy atom. The van der Waals surface area contributed by atoms with Gasteiger partial charge in [0, 0.05) is 24.1 Å². The number of rotatable bonds is 10. The second-order valence-electron chi connectivity index (χ2n) is 8.27. The van der Waals surface area contributed by atoms with Crippen molar-refractivity contribution in [2.24, 2.45) is 0 Å². The molecule has 0 saturated heterocycles. The fraction of sp³-hybridized carbons (Fsp3) is 0.167. The van der Waals surface area contributed by atoms with Crippen molar-refractivity contribution in [2.45, 2.75) is 25.8 Å². The van der Waals surface area contributed by atoms with Gasteiger partial charge >= 0.3 is 0 Å². The van der Waals surface area contributed by atoms with E-state index in [0.29, 0.717) is 11.1 Å². The van der Waals surface area contributed by atoms with Gasteiger partial charge < -0.3 is 10.4 Å². The van der Waals surface area contributed by atoms with Gasteiger partial charge in [-0.15, -0.1) is 0 Å². The van der Waals surface area contributed by atoms with E-state index in [1.807, 2.05) is 72.8 Å². The third-order valence-electron chi connectivity index (χ3n) is 5.80. The second-order valence-corrected chi connectivity index (χ2v) is 8.27. The van der Waals surface area contributed by atoms with E-state index >= 15 is 0 Å². The smallest absolute Gasteiger partial charge is 0.167 e. The van der Waals surface area contributed by atoms with Gasteiger partial charge in [-0.05, 0) is 53.8 Å². The molecule has 0 aliphatic rings. The van der Waals surface area contributed by atoms with E-state index in [2.05, 4.69) is 29.6 Å². The molecule has 0 unspecified atom stereocenters. The normalized spacial score (nSPS) is 10.8. The zero-order valence-corrected chi connectivity index (χ0v) is 18.7. The number of carbonyl (C=O) groups excluding carboxylic acids is 1. The molecule has 0 amide bonds. The average molecular weight is 436 g/mol. The van der Waals surface area contributed by atoms with Gasteiger partial charge in [-0.2, -0.15) is 0 Å². The number of hydrogen-bond acceptors (Lipinski definition) is 3. The maximum absolute atomic E-state index is 12.8. The fourth-order valence-electron chi connectivity index (χ4n) is 3.92.